The Morgan fingerprint density at radius 2 is 1.89 bits per heavy atom. The second kappa shape index (κ2) is 8.76. The molecule has 0 aromatic heterocycles. The Bertz CT molecular complexity index is 230. The predicted octanol–water partition coefficient (Wildman–Crippen LogP) is 2.42. The molecule has 0 spiro atoms. The van der Waals surface area contributed by atoms with Crippen molar-refractivity contribution in [2.24, 2.45) is 0 Å². The fourth-order valence-electron chi connectivity index (χ4n) is 2.30. The highest BCUT2D eigenvalue weighted by molar-refractivity contribution is 4.71. The summed E-state index contributed by atoms with van der Waals surface area (Å²) in [6, 6.07) is 0.376. The van der Waals surface area contributed by atoms with Gasteiger partial charge in [0.1, 0.15) is 6.61 Å². The fraction of sp³-hybridized carbons (Fsp3) is 1.00. The van der Waals surface area contributed by atoms with E-state index in [2.05, 4.69) is 21.9 Å². The molecule has 1 saturated heterocycles. The summed E-state index contributed by atoms with van der Waals surface area (Å²) in [5.74, 6) is 0. The second-order valence-electron chi connectivity index (χ2n) is 5.24. The molecular weight excluding hydrogens is 257 g/mol. The van der Waals surface area contributed by atoms with Crippen molar-refractivity contribution in [3.05, 3.63) is 0 Å². The minimum atomic E-state index is -4.21. The molecule has 1 heterocycles. The van der Waals surface area contributed by atoms with Gasteiger partial charge in [0.15, 0.2) is 0 Å². The normalized spacial score (nSPS) is 19.6. The van der Waals surface area contributed by atoms with Gasteiger partial charge in [0.25, 0.3) is 0 Å². The molecule has 0 aromatic carbocycles. The molecule has 1 aliphatic heterocycles. The highest BCUT2D eigenvalue weighted by Gasteiger charge is 2.27. The molecule has 1 unspecified atom stereocenters. The van der Waals surface area contributed by atoms with Gasteiger partial charge in [-0.2, -0.15) is 13.2 Å². The SMILES string of the molecule is CC(CN1CCCCC1)NCCCOCC(F)(F)F. The number of piperidine rings is 1. The monoisotopic (exact) mass is 282 g/mol. The van der Waals surface area contributed by atoms with Gasteiger partial charge >= 0.3 is 6.18 Å². The first-order chi connectivity index (χ1) is 8.97. The van der Waals surface area contributed by atoms with Crippen LogP contribution in [0.4, 0.5) is 13.2 Å². The Morgan fingerprint density at radius 3 is 2.53 bits per heavy atom. The van der Waals surface area contributed by atoms with Crippen LogP contribution in [-0.4, -0.2) is 56.5 Å². The van der Waals surface area contributed by atoms with Crippen molar-refractivity contribution >= 4 is 0 Å². The molecule has 1 N–H and O–H groups in total. The van der Waals surface area contributed by atoms with Crippen molar-refractivity contribution in [1.82, 2.24) is 10.2 Å². The third-order valence-electron chi connectivity index (χ3n) is 3.20. The first-order valence-electron chi connectivity index (χ1n) is 7.07. The summed E-state index contributed by atoms with van der Waals surface area (Å²) in [6.45, 7) is 5.18. The molecule has 1 aliphatic rings. The number of nitrogens with zero attached hydrogens (tertiary/aromatic N) is 1. The summed E-state index contributed by atoms with van der Waals surface area (Å²) in [5.41, 5.74) is 0. The first kappa shape index (κ1) is 16.7. The van der Waals surface area contributed by atoms with E-state index in [1.165, 1.54) is 32.4 Å². The van der Waals surface area contributed by atoms with Crippen molar-refractivity contribution in [3.63, 3.8) is 0 Å². The molecule has 1 rings (SSSR count). The standard InChI is InChI=1S/C13H25F3N2O/c1-12(10-18-7-3-2-4-8-18)17-6-5-9-19-11-13(14,15)16/h12,17H,2-11H2,1H3. The Hall–Kier alpha value is -0.330. The van der Waals surface area contributed by atoms with Gasteiger partial charge in [-0.25, -0.2) is 0 Å². The molecule has 1 fully saturated rings. The molecule has 19 heavy (non-hydrogen) atoms. The van der Waals surface area contributed by atoms with E-state index < -0.39 is 12.8 Å². The van der Waals surface area contributed by atoms with E-state index in [9.17, 15) is 13.2 Å². The van der Waals surface area contributed by atoms with E-state index in [0.29, 0.717) is 19.0 Å². The molecule has 0 aromatic rings. The van der Waals surface area contributed by atoms with Crippen LogP contribution in [0.1, 0.15) is 32.6 Å². The lowest BCUT2D eigenvalue weighted by Gasteiger charge is -2.29. The number of hydrogen-bond acceptors (Lipinski definition) is 3. The summed E-state index contributed by atoms with van der Waals surface area (Å²) >= 11 is 0. The van der Waals surface area contributed by atoms with Gasteiger partial charge in [-0.15, -0.1) is 0 Å². The Morgan fingerprint density at radius 1 is 1.21 bits per heavy atom. The smallest absolute Gasteiger partial charge is 0.372 e. The zero-order valence-electron chi connectivity index (χ0n) is 11.6. The number of alkyl halides is 3. The minimum absolute atomic E-state index is 0.156. The molecule has 1 atom stereocenters. The van der Waals surface area contributed by atoms with E-state index in [0.717, 1.165) is 6.54 Å². The zero-order chi connectivity index (χ0) is 14.1. The number of ether oxygens (including phenoxy) is 1. The first-order valence-corrected chi connectivity index (χ1v) is 7.07. The summed E-state index contributed by atoms with van der Waals surface area (Å²) in [7, 11) is 0. The molecule has 6 heteroatoms. The number of nitrogens with one attached hydrogen (secondary N) is 1. The van der Waals surface area contributed by atoms with Crippen LogP contribution >= 0.6 is 0 Å². The van der Waals surface area contributed by atoms with Crippen molar-refractivity contribution < 1.29 is 17.9 Å². The maximum Gasteiger partial charge on any atom is 0.411 e. The van der Waals surface area contributed by atoms with Gasteiger partial charge in [0.2, 0.25) is 0 Å². The number of rotatable bonds is 8. The lowest BCUT2D eigenvalue weighted by Crippen LogP contribution is -2.41. The van der Waals surface area contributed by atoms with Crippen LogP contribution in [0.5, 0.6) is 0 Å². The lowest BCUT2D eigenvalue weighted by molar-refractivity contribution is -0.173. The number of halogens is 3. The van der Waals surface area contributed by atoms with Gasteiger partial charge in [-0.3, -0.25) is 0 Å². The topological polar surface area (TPSA) is 24.5 Å². The van der Waals surface area contributed by atoms with E-state index in [4.69, 9.17) is 0 Å². The van der Waals surface area contributed by atoms with Crippen LogP contribution in [-0.2, 0) is 4.74 Å². The van der Waals surface area contributed by atoms with Crippen molar-refractivity contribution in [3.8, 4) is 0 Å². The predicted molar refractivity (Wildman–Crippen MR) is 69.2 cm³/mol. The summed E-state index contributed by atoms with van der Waals surface area (Å²) < 4.78 is 40.0. The molecule has 114 valence electrons. The van der Waals surface area contributed by atoms with Crippen molar-refractivity contribution in [1.29, 1.82) is 0 Å². The molecule has 0 saturated carbocycles. The summed E-state index contributed by atoms with van der Waals surface area (Å²) in [5, 5.41) is 3.32. The number of likely N-dealkylation sites (tertiary alicyclic amines) is 1. The highest BCUT2D eigenvalue weighted by atomic mass is 19.4. The van der Waals surface area contributed by atoms with Crippen LogP contribution in [0.3, 0.4) is 0 Å². The Balaban J connectivity index is 1.93. The lowest BCUT2D eigenvalue weighted by atomic mass is 10.1. The molecule has 3 nitrogen and oxygen atoms in total. The average molecular weight is 282 g/mol. The molecule has 0 radical (unpaired) electrons. The van der Waals surface area contributed by atoms with Crippen LogP contribution in [0.15, 0.2) is 0 Å². The van der Waals surface area contributed by atoms with Crippen LogP contribution in [0, 0.1) is 0 Å². The van der Waals surface area contributed by atoms with Gasteiger partial charge in [-0.05, 0) is 45.8 Å². The van der Waals surface area contributed by atoms with Crippen molar-refractivity contribution in [2.45, 2.75) is 44.8 Å². The van der Waals surface area contributed by atoms with Gasteiger partial charge in [-0.1, -0.05) is 6.42 Å². The van der Waals surface area contributed by atoms with Gasteiger partial charge in [0.05, 0.1) is 0 Å². The molecule has 0 aliphatic carbocycles. The van der Waals surface area contributed by atoms with E-state index >= 15 is 0 Å². The third kappa shape index (κ3) is 9.24. The maximum absolute atomic E-state index is 11.8. The zero-order valence-corrected chi connectivity index (χ0v) is 11.6. The molecule has 0 bridgehead atoms. The number of hydrogen-bond donors (Lipinski definition) is 1. The van der Waals surface area contributed by atoms with Crippen LogP contribution < -0.4 is 5.32 Å². The fourth-order valence-corrected chi connectivity index (χ4v) is 2.30. The molecule has 0 amide bonds. The van der Waals surface area contributed by atoms with Crippen molar-refractivity contribution in [2.75, 3.05) is 39.4 Å². The average Bonchev–Trinajstić information content (AvgIpc) is 2.33. The quantitative estimate of drug-likeness (QED) is 0.692. The second-order valence-corrected chi connectivity index (χ2v) is 5.24. The van der Waals surface area contributed by atoms with E-state index in [1.54, 1.807) is 0 Å². The molecular formula is C13H25F3N2O. The van der Waals surface area contributed by atoms with Crippen LogP contribution in [0.25, 0.3) is 0 Å². The third-order valence-corrected chi connectivity index (χ3v) is 3.20. The Kier molecular flexibility index (Phi) is 7.71. The van der Waals surface area contributed by atoms with Gasteiger partial charge in [0, 0.05) is 19.2 Å². The van der Waals surface area contributed by atoms with Crippen LogP contribution in [0.2, 0.25) is 0 Å². The van der Waals surface area contributed by atoms with Gasteiger partial charge < -0.3 is 15.0 Å². The summed E-state index contributed by atoms with van der Waals surface area (Å²) in [4.78, 5) is 2.45. The highest BCUT2D eigenvalue weighted by Crippen LogP contribution is 2.14. The minimum Gasteiger partial charge on any atom is -0.372 e. The van der Waals surface area contributed by atoms with E-state index in [1.807, 2.05) is 0 Å². The summed E-state index contributed by atoms with van der Waals surface area (Å²) in [6.07, 6.45) is 0.278. The largest absolute Gasteiger partial charge is 0.411 e. The Labute approximate surface area is 113 Å². The van der Waals surface area contributed by atoms with E-state index in [-0.39, 0.29) is 6.61 Å². The maximum atomic E-state index is 11.8.